The normalized spacial score (nSPS) is 17.5. The fraction of sp³-hybridized carbons (Fsp3) is 0.333. The third-order valence-electron chi connectivity index (χ3n) is 7.15. The number of hydrogen-bond donors (Lipinski definition) is 2. The predicted molar refractivity (Wildman–Crippen MR) is 138 cm³/mol. The van der Waals surface area contributed by atoms with E-state index in [1.807, 2.05) is 18.2 Å². The molecule has 0 bridgehead atoms. The number of aromatic nitrogens is 2. The van der Waals surface area contributed by atoms with Gasteiger partial charge in [-0.15, -0.1) is 0 Å². The molecule has 2 aromatic heterocycles. The van der Waals surface area contributed by atoms with Gasteiger partial charge < -0.3 is 15.0 Å². The van der Waals surface area contributed by atoms with Crippen LogP contribution in [0.3, 0.4) is 0 Å². The monoisotopic (exact) mass is 472 g/mol. The fourth-order valence-electron chi connectivity index (χ4n) is 5.05. The quantitative estimate of drug-likeness (QED) is 0.380. The second kappa shape index (κ2) is 9.24. The van der Waals surface area contributed by atoms with Gasteiger partial charge in [-0.25, -0.2) is 0 Å². The molecule has 2 aliphatic rings. The molecule has 34 heavy (non-hydrogen) atoms. The zero-order valence-electron chi connectivity index (χ0n) is 19.0. The largest absolute Gasteiger partial charge is 0.378 e. The summed E-state index contributed by atoms with van der Waals surface area (Å²) in [6, 6.07) is 16.6. The summed E-state index contributed by atoms with van der Waals surface area (Å²) >= 11 is 1.65. The van der Waals surface area contributed by atoms with Gasteiger partial charge >= 0.3 is 0 Å². The Morgan fingerprint density at radius 1 is 1.12 bits per heavy atom. The van der Waals surface area contributed by atoms with Crippen molar-refractivity contribution in [2.75, 3.05) is 36.5 Å². The van der Waals surface area contributed by atoms with Crippen molar-refractivity contribution in [3.8, 4) is 11.3 Å². The van der Waals surface area contributed by atoms with E-state index in [2.05, 4.69) is 61.5 Å². The Morgan fingerprint density at radius 3 is 2.65 bits per heavy atom. The smallest absolute Gasteiger partial charge is 0.232 e. The van der Waals surface area contributed by atoms with Crippen molar-refractivity contribution in [1.29, 1.82) is 0 Å². The molecule has 1 aliphatic carbocycles. The third kappa shape index (κ3) is 4.10. The maximum atomic E-state index is 13.3. The van der Waals surface area contributed by atoms with E-state index >= 15 is 0 Å². The van der Waals surface area contributed by atoms with Crippen LogP contribution in [0.25, 0.3) is 22.2 Å². The van der Waals surface area contributed by atoms with Gasteiger partial charge in [0.15, 0.2) is 0 Å². The molecule has 7 heteroatoms. The number of aromatic amines is 1. The van der Waals surface area contributed by atoms with Crippen molar-refractivity contribution in [1.82, 2.24) is 10.2 Å². The summed E-state index contributed by atoms with van der Waals surface area (Å²) in [4.78, 5) is 15.7. The van der Waals surface area contributed by atoms with Gasteiger partial charge in [-0.2, -0.15) is 16.4 Å². The standard InChI is InChI=1S/C27H28N4O2S/c32-27(25(18-2-1-3-18)20-10-15-34-17-20)28-21-6-9-24-23(16-21)26(30-29-24)19-4-7-22(8-5-19)31-11-13-33-14-12-31/h4-10,15-18,25H,1-3,11-14H2,(H,28,32)(H,29,30). The molecule has 1 saturated carbocycles. The number of anilines is 2. The molecule has 0 spiro atoms. The van der Waals surface area contributed by atoms with Crippen LogP contribution < -0.4 is 10.2 Å². The van der Waals surface area contributed by atoms with E-state index in [-0.39, 0.29) is 11.8 Å². The highest BCUT2D eigenvalue weighted by Crippen LogP contribution is 2.41. The molecule has 2 N–H and O–H groups in total. The van der Waals surface area contributed by atoms with E-state index in [9.17, 15) is 4.79 Å². The molecule has 6 nitrogen and oxygen atoms in total. The van der Waals surface area contributed by atoms with E-state index in [1.165, 1.54) is 12.1 Å². The zero-order chi connectivity index (χ0) is 22.9. The first-order valence-corrected chi connectivity index (χ1v) is 12.9. The molecule has 2 aromatic carbocycles. The second-order valence-corrected chi connectivity index (χ2v) is 9.97. The second-order valence-electron chi connectivity index (χ2n) is 9.19. The number of thiophene rings is 1. The van der Waals surface area contributed by atoms with E-state index in [4.69, 9.17) is 4.74 Å². The van der Waals surface area contributed by atoms with Crippen LogP contribution in [0, 0.1) is 5.92 Å². The lowest BCUT2D eigenvalue weighted by Crippen LogP contribution is -2.36. The van der Waals surface area contributed by atoms with Crippen LogP contribution >= 0.6 is 11.3 Å². The summed E-state index contributed by atoms with van der Waals surface area (Å²) in [6.45, 7) is 3.38. The van der Waals surface area contributed by atoms with Gasteiger partial charge in [-0.3, -0.25) is 9.89 Å². The summed E-state index contributed by atoms with van der Waals surface area (Å²) in [7, 11) is 0. The van der Waals surface area contributed by atoms with Crippen molar-refractivity contribution in [2.24, 2.45) is 5.92 Å². The number of fused-ring (bicyclic) bond motifs is 1. The van der Waals surface area contributed by atoms with Crippen molar-refractivity contribution >= 4 is 39.5 Å². The Balaban J connectivity index is 1.25. The maximum Gasteiger partial charge on any atom is 0.232 e. The predicted octanol–water partition coefficient (Wildman–Crippen LogP) is 5.65. The van der Waals surface area contributed by atoms with Gasteiger partial charge in [0.05, 0.1) is 30.3 Å². The lowest BCUT2D eigenvalue weighted by atomic mass is 9.73. The van der Waals surface area contributed by atoms with Gasteiger partial charge in [0.2, 0.25) is 5.91 Å². The van der Waals surface area contributed by atoms with Crippen molar-refractivity contribution < 1.29 is 9.53 Å². The van der Waals surface area contributed by atoms with Crippen LogP contribution in [-0.2, 0) is 9.53 Å². The van der Waals surface area contributed by atoms with Gasteiger partial charge in [-0.05, 0) is 71.5 Å². The molecule has 1 amide bonds. The molecule has 4 aromatic rings. The number of carbonyl (C=O) groups is 1. The van der Waals surface area contributed by atoms with Crippen LogP contribution in [0.2, 0.25) is 0 Å². The molecule has 1 saturated heterocycles. The van der Waals surface area contributed by atoms with E-state index in [1.54, 1.807) is 11.3 Å². The van der Waals surface area contributed by atoms with Gasteiger partial charge in [0.1, 0.15) is 0 Å². The van der Waals surface area contributed by atoms with Crippen LogP contribution in [0.4, 0.5) is 11.4 Å². The van der Waals surface area contributed by atoms with Gasteiger partial charge in [0.25, 0.3) is 0 Å². The average molecular weight is 473 g/mol. The van der Waals surface area contributed by atoms with E-state index in [0.29, 0.717) is 5.92 Å². The number of amides is 1. The average Bonchev–Trinajstić information content (AvgIpc) is 3.52. The SMILES string of the molecule is O=C(Nc1ccc2[nH]nc(-c3ccc(N4CCOCC4)cc3)c2c1)C(c1ccsc1)C1CCC1. The molecular formula is C27H28N4O2S. The summed E-state index contributed by atoms with van der Waals surface area (Å²) in [5.74, 6) is 0.447. The fourth-order valence-corrected chi connectivity index (χ4v) is 5.74. The summed E-state index contributed by atoms with van der Waals surface area (Å²) < 4.78 is 5.46. The molecular weight excluding hydrogens is 444 g/mol. The minimum absolute atomic E-state index is 0.0766. The molecule has 1 unspecified atom stereocenters. The highest BCUT2D eigenvalue weighted by Gasteiger charge is 2.34. The Morgan fingerprint density at radius 2 is 1.94 bits per heavy atom. The van der Waals surface area contributed by atoms with Crippen molar-refractivity contribution in [3.63, 3.8) is 0 Å². The molecule has 0 radical (unpaired) electrons. The van der Waals surface area contributed by atoms with Crippen LogP contribution in [0.1, 0.15) is 30.7 Å². The Hall–Kier alpha value is -3.16. The number of H-pyrrole nitrogens is 1. The number of carbonyl (C=O) groups excluding carboxylic acids is 1. The Bertz CT molecular complexity index is 1270. The minimum Gasteiger partial charge on any atom is -0.378 e. The summed E-state index contributed by atoms with van der Waals surface area (Å²) in [5, 5.41) is 16.1. The van der Waals surface area contributed by atoms with Crippen molar-refractivity contribution in [3.05, 3.63) is 64.9 Å². The lowest BCUT2D eigenvalue weighted by molar-refractivity contribution is -0.119. The zero-order valence-corrected chi connectivity index (χ0v) is 19.8. The van der Waals surface area contributed by atoms with E-state index in [0.717, 1.165) is 72.6 Å². The first kappa shape index (κ1) is 21.4. The summed E-state index contributed by atoms with van der Waals surface area (Å²) in [6.07, 6.45) is 3.46. The van der Waals surface area contributed by atoms with Gasteiger partial charge in [0, 0.05) is 35.4 Å². The van der Waals surface area contributed by atoms with Crippen LogP contribution in [-0.4, -0.2) is 42.4 Å². The van der Waals surface area contributed by atoms with E-state index < -0.39 is 0 Å². The van der Waals surface area contributed by atoms with Crippen LogP contribution in [0.5, 0.6) is 0 Å². The molecule has 174 valence electrons. The Labute approximate surface area is 202 Å². The molecule has 3 heterocycles. The topological polar surface area (TPSA) is 70.2 Å². The number of hydrogen-bond acceptors (Lipinski definition) is 5. The number of morpholine rings is 1. The molecule has 6 rings (SSSR count). The molecule has 1 atom stereocenters. The maximum absolute atomic E-state index is 13.3. The highest BCUT2D eigenvalue weighted by atomic mass is 32.1. The minimum atomic E-state index is -0.0766. The first-order chi connectivity index (χ1) is 16.8. The van der Waals surface area contributed by atoms with Crippen molar-refractivity contribution in [2.45, 2.75) is 25.2 Å². The number of nitrogens with one attached hydrogen (secondary N) is 2. The molecule has 1 aliphatic heterocycles. The Kier molecular flexibility index (Phi) is 5.81. The number of nitrogens with zero attached hydrogens (tertiary/aromatic N) is 2. The number of ether oxygens (including phenoxy) is 1. The van der Waals surface area contributed by atoms with Gasteiger partial charge in [-0.1, -0.05) is 18.6 Å². The summed E-state index contributed by atoms with van der Waals surface area (Å²) in [5.41, 5.74) is 6.06. The number of benzene rings is 2. The third-order valence-corrected chi connectivity index (χ3v) is 7.85. The highest BCUT2D eigenvalue weighted by molar-refractivity contribution is 7.08. The first-order valence-electron chi connectivity index (χ1n) is 12.0. The lowest BCUT2D eigenvalue weighted by Gasteiger charge is -2.32. The van der Waals surface area contributed by atoms with Crippen LogP contribution in [0.15, 0.2) is 59.3 Å². The molecule has 2 fully saturated rings. The number of rotatable bonds is 6.